The summed E-state index contributed by atoms with van der Waals surface area (Å²) in [7, 11) is 0. The van der Waals surface area contributed by atoms with E-state index in [0.29, 0.717) is 24.8 Å². The molecule has 0 aliphatic rings. The molecular weight excluding hydrogens is 196 g/mol. The molecule has 0 bridgehead atoms. The van der Waals surface area contributed by atoms with Gasteiger partial charge in [-0.25, -0.2) is 9.97 Å². The fourth-order valence-corrected chi connectivity index (χ4v) is 0.970. The summed E-state index contributed by atoms with van der Waals surface area (Å²) in [5, 5.41) is 11.5. The maximum atomic E-state index is 8.45. The van der Waals surface area contributed by atoms with Gasteiger partial charge in [0, 0.05) is 13.2 Å². The molecule has 1 aromatic heterocycles. The van der Waals surface area contributed by atoms with Crippen LogP contribution in [0.2, 0.25) is 0 Å². The lowest BCUT2D eigenvalue weighted by atomic mass is 10.4. The van der Waals surface area contributed by atoms with Crippen LogP contribution in [0.15, 0.2) is 12.4 Å². The predicted octanol–water partition coefficient (Wildman–Crippen LogP) is -0.130. The molecule has 0 saturated heterocycles. The monoisotopic (exact) mass is 212 g/mol. The van der Waals surface area contributed by atoms with Crippen molar-refractivity contribution in [3.05, 3.63) is 12.4 Å². The molecule has 0 unspecified atom stereocenters. The number of ether oxygens (including phenoxy) is 1. The third kappa shape index (κ3) is 5.14. The highest BCUT2D eigenvalue weighted by atomic mass is 16.5. The van der Waals surface area contributed by atoms with Gasteiger partial charge in [-0.3, -0.25) is 0 Å². The van der Waals surface area contributed by atoms with Crippen LogP contribution >= 0.6 is 0 Å². The smallest absolute Gasteiger partial charge is 0.222 e. The summed E-state index contributed by atoms with van der Waals surface area (Å²) >= 11 is 0. The van der Waals surface area contributed by atoms with Gasteiger partial charge in [0.15, 0.2) is 0 Å². The first kappa shape index (κ1) is 11.7. The summed E-state index contributed by atoms with van der Waals surface area (Å²) in [6.45, 7) is 1.80. The highest BCUT2D eigenvalue weighted by Crippen LogP contribution is 2.00. The zero-order valence-corrected chi connectivity index (χ0v) is 8.52. The normalized spacial score (nSPS) is 10.2. The van der Waals surface area contributed by atoms with Crippen molar-refractivity contribution in [2.75, 3.05) is 37.4 Å². The molecule has 0 fully saturated rings. The van der Waals surface area contributed by atoms with Gasteiger partial charge < -0.3 is 20.9 Å². The molecule has 84 valence electrons. The van der Waals surface area contributed by atoms with Crippen LogP contribution in [-0.2, 0) is 4.74 Å². The number of aliphatic hydroxyl groups excluding tert-OH is 1. The Morgan fingerprint density at radius 1 is 1.33 bits per heavy atom. The van der Waals surface area contributed by atoms with Crippen molar-refractivity contribution >= 4 is 11.6 Å². The van der Waals surface area contributed by atoms with Crippen molar-refractivity contribution in [3.8, 4) is 0 Å². The summed E-state index contributed by atoms with van der Waals surface area (Å²) < 4.78 is 5.09. The molecule has 0 aromatic carbocycles. The van der Waals surface area contributed by atoms with E-state index in [-0.39, 0.29) is 6.61 Å². The lowest BCUT2D eigenvalue weighted by molar-refractivity contribution is 0.0921. The second kappa shape index (κ2) is 6.97. The van der Waals surface area contributed by atoms with Crippen molar-refractivity contribution in [2.24, 2.45) is 0 Å². The van der Waals surface area contributed by atoms with Crippen molar-refractivity contribution in [1.82, 2.24) is 9.97 Å². The van der Waals surface area contributed by atoms with Crippen molar-refractivity contribution in [1.29, 1.82) is 0 Å². The second-order valence-corrected chi connectivity index (χ2v) is 2.96. The summed E-state index contributed by atoms with van der Waals surface area (Å²) in [4.78, 5) is 7.97. The third-order valence-corrected chi connectivity index (χ3v) is 1.66. The molecule has 0 amide bonds. The SMILES string of the molecule is Nc1cnc(NCCCOCCO)nc1. The lowest BCUT2D eigenvalue weighted by Gasteiger charge is -2.04. The van der Waals surface area contributed by atoms with Gasteiger partial charge in [0.05, 0.1) is 31.3 Å². The van der Waals surface area contributed by atoms with Crippen LogP contribution in [0.3, 0.4) is 0 Å². The van der Waals surface area contributed by atoms with E-state index in [2.05, 4.69) is 15.3 Å². The molecule has 0 spiro atoms. The number of nitrogens with one attached hydrogen (secondary N) is 1. The topological polar surface area (TPSA) is 93.3 Å². The molecular formula is C9H16N4O2. The van der Waals surface area contributed by atoms with Crippen LogP contribution in [0.5, 0.6) is 0 Å². The van der Waals surface area contributed by atoms with E-state index in [9.17, 15) is 0 Å². The number of nitrogen functional groups attached to an aromatic ring is 1. The maximum Gasteiger partial charge on any atom is 0.222 e. The van der Waals surface area contributed by atoms with Gasteiger partial charge in [-0.15, -0.1) is 0 Å². The van der Waals surface area contributed by atoms with Gasteiger partial charge in [-0.05, 0) is 6.42 Å². The van der Waals surface area contributed by atoms with Crippen molar-refractivity contribution < 1.29 is 9.84 Å². The molecule has 1 rings (SSSR count). The number of hydrogen-bond donors (Lipinski definition) is 3. The predicted molar refractivity (Wildman–Crippen MR) is 57.5 cm³/mol. The number of nitrogens with zero attached hydrogens (tertiary/aromatic N) is 2. The highest BCUT2D eigenvalue weighted by molar-refractivity contribution is 5.35. The Balaban J connectivity index is 2.07. The Kier molecular flexibility index (Phi) is 5.42. The van der Waals surface area contributed by atoms with Crippen LogP contribution in [0.1, 0.15) is 6.42 Å². The number of aromatic nitrogens is 2. The van der Waals surface area contributed by atoms with Crippen LogP contribution in [0.4, 0.5) is 11.6 Å². The van der Waals surface area contributed by atoms with E-state index in [4.69, 9.17) is 15.6 Å². The van der Waals surface area contributed by atoms with E-state index in [1.165, 1.54) is 0 Å². The average molecular weight is 212 g/mol. The van der Waals surface area contributed by atoms with Gasteiger partial charge in [0.1, 0.15) is 0 Å². The molecule has 0 radical (unpaired) electrons. The van der Waals surface area contributed by atoms with Crippen molar-refractivity contribution in [3.63, 3.8) is 0 Å². The average Bonchev–Trinajstić information content (AvgIpc) is 2.26. The quantitative estimate of drug-likeness (QED) is 0.545. The molecule has 0 aliphatic heterocycles. The largest absolute Gasteiger partial charge is 0.396 e. The summed E-state index contributed by atoms with van der Waals surface area (Å²) in [5.41, 5.74) is 5.99. The molecule has 1 heterocycles. The van der Waals surface area contributed by atoms with E-state index < -0.39 is 0 Å². The van der Waals surface area contributed by atoms with Crippen LogP contribution < -0.4 is 11.1 Å². The molecule has 6 heteroatoms. The van der Waals surface area contributed by atoms with Crippen molar-refractivity contribution in [2.45, 2.75) is 6.42 Å². The van der Waals surface area contributed by atoms with Gasteiger partial charge in [0.25, 0.3) is 0 Å². The van der Waals surface area contributed by atoms with Crippen LogP contribution in [0.25, 0.3) is 0 Å². The van der Waals surface area contributed by atoms with Gasteiger partial charge in [-0.1, -0.05) is 0 Å². The zero-order valence-electron chi connectivity index (χ0n) is 8.52. The number of aliphatic hydroxyl groups is 1. The summed E-state index contributed by atoms with van der Waals surface area (Å²) in [6, 6.07) is 0. The second-order valence-electron chi connectivity index (χ2n) is 2.96. The van der Waals surface area contributed by atoms with Gasteiger partial charge in [0.2, 0.25) is 5.95 Å². The molecule has 6 nitrogen and oxygen atoms in total. The molecule has 15 heavy (non-hydrogen) atoms. The van der Waals surface area contributed by atoms with Gasteiger partial charge >= 0.3 is 0 Å². The Labute approximate surface area is 88.5 Å². The zero-order chi connectivity index (χ0) is 10.9. The fourth-order valence-electron chi connectivity index (χ4n) is 0.970. The first-order valence-corrected chi connectivity index (χ1v) is 4.83. The minimum absolute atomic E-state index is 0.0640. The first-order chi connectivity index (χ1) is 7.33. The summed E-state index contributed by atoms with van der Waals surface area (Å²) in [6.07, 6.45) is 3.95. The molecule has 0 aliphatic carbocycles. The minimum Gasteiger partial charge on any atom is -0.396 e. The number of rotatable bonds is 7. The van der Waals surface area contributed by atoms with Crippen LogP contribution in [0, 0.1) is 0 Å². The van der Waals surface area contributed by atoms with Gasteiger partial charge in [-0.2, -0.15) is 0 Å². The Morgan fingerprint density at radius 2 is 2.07 bits per heavy atom. The van der Waals surface area contributed by atoms with E-state index in [1.54, 1.807) is 12.4 Å². The lowest BCUT2D eigenvalue weighted by Crippen LogP contribution is -2.09. The van der Waals surface area contributed by atoms with Crippen LogP contribution in [-0.4, -0.2) is 41.4 Å². The first-order valence-electron chi connectivity index (χ1n) is 4.83. The molecule has 0 saturated carbocycles. The minimum atomic E-state index is 0.0640. The van der Waals surface area contributed by atoms with E-state index in [0.717, 1.165) is 13.0 Å². The molecule has 4 N–H and O–H groups in total. The Bertz CT molecular complexity index is 265. The Hall–Kier alpha value is -1.40. The van der Waals surface area contributed by atoms with E-state index in [1.807, 2.05) is 0 Å². The number of anilines is 2. The number of nitrogens with two attached hydrogens (primary N) is 1. The third-order valence-electron chi connectivity index (χ3n) is 1.66. The number of hydrogen-bond acceptors (Lipinski definition) is 6. The highest BCUT2D eigenvalue weighted by Gasteiger charge is 1.94. The molecule has 1 aromatic rings. The standard InChI is InChI=1S/C9H16N4O2/c10-8-6-12-9(13-7-8)11-2-1-4-15-5-3-14/h6-7,14H,1-5,10H2,(H,11,12,13). The summed E-state index contributed by atoms with van der Waals surface area (Å²) in [5.74, 6) is 0.561. The fraction of sp³-hybridized carbons (Fsp3) is 0.556. The molecule has 0 atom stereocenters. The Morgan fingerprint density at radius 3 is 2.73 bits per heavy atom. The van der Waals surface area contributed by atoms with E-state index >= 15 is 0 Å². The maximum absolute atomic E-state index is 8.45.